The Morgan fingerprint density at radius 2 is 1.20 bits per heavy atom. The Morgan fingerprint density at radius 1 is 0.900 bits per heavy atom. The van der Waals surface area contributed by atoms with Crippen LogP contribution in [0.15, 0.2) is 0 Å². The summed E-state index contributed by atoms with van der Waals surface area (Å²) < 4.78 is 59.6. The van der Waals surface area contributed by atoms with Crippen LogP contribution in [0.1, 0.15) is 13.3 Å². The number of alkyl halides is 5. The molecular formula is C5H5F5. The average Bonchev–Trinajstić information content (AvgIpc) is 2.11. The monoisotopic (exact) mass is 160 g/mol. The maximum atomic E-state index is 12.3. The smallest absolute Gasteiger partial charge is 0.230 e. The molecule has 60 valence electrons. The van der Waals surface area contributed by atoms with Gasteiger partial charge in [0.1, 0.15) is 0 Å². The van der Waals surface area contributed by atoms with E-state index in [1.54, 1.807) is 0 Å². The first kappa shape index (κ1) is 7.75. The van der Waals surface area contributed by atoms with E-state index in [0.29, 0.717) is 0 Å². The van der Waals surface area contributed by atoms with Gasteiger partial charge in [0, 0.05) is 0 Å². The summed E-state index contributed by atoms with van der Waals surface area (Å²) in [5, 5.41) is 0. The fourth-order valence-corrected chi connectivity index (χ4v) is 0.883. The zero-order chi connectivity index (χ0) is 8.21. The van der Waals surface area contributed by atoms with E-state index in [4.69, 9.17) is 0 Å². The largest absolute Gasteiger partial charge is 0.353 e. The van der Waals surface area contributed by atoms with Gasteiger partial charge in [-0.05, 0) is 6.42 Å². The molecule has 1 aliphatic carbocycles. The van der Waals surface area contributed by atoms with Gasteiger partial charge in [-0.25, -0.2) is 4.39 Å². The Hall–Kier alpha value is -0.350. The normalized spacial score (nSPS) is 31.8. The molecule has 0 bridgehead atoms. The molecule has 0 N–H and O–H groups in total. The standard InChI is InChI=1S/C5H5F5/c1-2-3(6)4(7,8)5(3,9)10/h2H2,1H3. The molecule has 0 aromatic carbocycles. The number of hydrogen-bond donors (Lipinski definition) is 0. The van der Waals surface area contributed by atoms with Crippen LogP contribution in [0.4, 0.5) is 22.0 Å². The van der Waals surface area contributed by atoms with Crippen LogP contribution in [-0.4, -0.2) is 17.5 Å². The fourth-order valence-electron chi connectivity index (χ4n) is 0.883. The molecule has 5 heteroatoms. The van der Waals surface area contributed by atoms with Crippen molar-refractivity contribution in [3.8, 4) is 0 Å². The molecule has 0 amide bonds. The third-order valence-electron chi connectivity index (χ3n) is 1.81. The molecule has 1 rings (SSSR count). The molecule has 0 heterocycles. The second kappa shape index (κ2) is 1.46. The number of rotatable bonds is 1. The first-order chi connectivity index (χ1) is 4.31. The van der Waals surface area contributed by atoms with Gasteiger partial charge in [0.05, 0.1) is 0 Å². The van der Waals surface area contributed by atoms with E-state index < -0.39 is 23.9 Å². The summed E-state index contributed by atoms with van der Waals surface area (Å²) in [6.07, 6.45) is -0.854. The van der Waals surface area contributed by atoms with E-state index in [0.717, 1.165) is 6.92 Å². The summed E-state index contributed by atoms with van der Waals surface area (Å²) in [5.74, 6) is -8.90. The summed E-state index contributed by atoms with van der Waals surface area (Å²) in [6, 6.07) is 0. The summed E-state index contributed by atoms with van der Waals surface area (Å²) >= 11 is 0. The van der Waals surface area contributed by atoms with Crippen LogP contribution in [-0.2, 0) is 0 Å². The first-order valence-electron chi connectivity index (χ1n) is 2.76. The molecule has 0 nitrogen and oxygen atoms in total. The van der Waals surface area contributed by atoms with E-state index in [1.807, 2.05) is 0 Å². The van der Waals surface area contributed by atoms with E-state index >= 15 is 0 Å². The van der Waals surface area contributed by atoms with Gasteiger partial charge < -0.3 is 0 Å². The van der Waals surface area contributed by atoms with Crippen molar-refractivity contribution >= 4 is 0 Å². The minimum absolute atomic E-state index is 0.854. The molecule has 0 aromatic rings. The molecule has 0 atom stereocenters. The van der Waals surface area contributed by atoms with Crippen molar-refractivity contribution in [2.45, 2.75) is 30.9 Å². The van der Waals surface area contributed by atoms with Crippen molar-refractivity contribution in [1.29, 1.82) is 0 Å². The molecule has 1 saturated carbocycles. The molecule has 1 fully saturated rings. The Balaban J connectivity index is 2.90. The highest BCUT2D eigenvalue weighted by Gasteiger charge is 2.97. The third-order valence-corrected chi connectivity index (χ3v) is 1.81. The predicted molar refractivity (Wildman–Crippen MR) is 24.0 cm³/mol. The highest BCUT2D eigenvalue weighted by molar-refractivity contribution is 5.27. The quantitative estimate of drug-likeness (QED) is 0.516. The van der Waals surface area contributed by atoms with E-state index in [1.165, 1.54) is 0 Å². The summed E-state index contributed by atoms with van der Waals surface area (Å²) in [5.41, 5.74) is -3.58. The van der Waals surface area contributed by atoms with Gasteiger partial charge in [0.15, 0.2) is 0 Å². The van der Waals surface area contributed by atoms with Gasteiger partial charge in [-0.1, -0.05) is 6.92 Å². The summed E-state index contributed by atoms with van der Waals surface area (Å²) in [4.78, 5) is 0. The first-order valence-corrected chi connectivity index (χ1v) is 2.76. The summed E-state index contributed by atoms with van der Waals surface area (Å²) in [7, 11) is 0. The molecule has 0 saturated heterocycles. The predicted octanol–water partition coefficient (Wildman–Crippen LogP) is 2.39. The minimum Gasteiger partial charge on any atom is -0.230 e. The van der Waals surface area contributed by atoms with Crippen molar-refractivity contribution in [2.24, 2.45) is 0 Å². The highest BCUT2D eigenvalue weighted by atomic mass is 19.3. The molecule has 0 spiro atoms. The molecule has 0 aliphatic heterocycles. The van der Waals surface area contributed by atoms with Crippen LogP contribution < -0.4 is 0 Å². The van der Waals surface area contributed by atoms with Crippen molar-refractivity contribution in [1.82, 2.24) is 0 Å². The van der Waals surface area contributed by atoms with E-state index in [9.17, 15) is 22.0 Å². The Kier molecular flexibility index (Phi) is 1.13. The Bertz CT molecular complexity index is 147. The van der Waals surface area contributed by atoms with Gasteiger partial charge in [-0.15, -0.1) is 0 Å². The highest BCUT2D eigenvalue weighted by Crippen LogP contribution is 2.69. The van der Waals surface area contributed by atoms with Crippen molar-refractivity contribution in [2.75, 3.05) is 0 Å². The van der Waals surface area contributed by atoms with Gasteiger partial charge in [-0.2, -0.15) is 17.6 Å². The second-order valence-electron chi connectivity index (χ2n) is 2.30. The SMILES string of the molecule is CCC1(F)C(F)(F)C1(F)F. The van der Waals surface area contributed by atoms with Crippen LogP contribution >= 0.6 is 0 Å². The van der Waals surface area contributed by atoms with Gasteiger partial charge in [0.25, 0.3) is 0 Å². The van der Waals surface area contributed by atoms with Crippen molar-refractivity contribution in [3.05, 3.63) is 0 Å². The minimum atomic E-state index is -4.45. The molecule has 0 unspecified atom stereocenters. The second-order valence-corrected chi connectivity index (χ2v) is 2.30. The van der Waals surface area contributed by atoms with E-state index in [-0.39, 0.29) is 0 Å². The van der Waals surface area contributed by atoms with Crippen LogP contribution in [0.5, 0.6) is 0 Å². The maximum absolute atomic E-state index is 12.3. The lowest BCUT2D eigenvalue weighted by Gasteiger charge is -1.95. The molecule has 0 aromatic heterocycles. The summed E-state index contributed by atoms with van der Waals surface area (Å²) in [6.45, 7) is 0.967. The van der Waals surface area contributed by atoms with Crippen molar-refractivity contribution in [3.63, 3.8) is 0 Å². The van der Waals surface area contributed by atoms with Crippen LogP contribution in [0, 0.1) is 0 Å². The van der Waals surface area contributed by atoms with Crippen LogP contribution in [0.3, 0.4) is 0 Å². The Morgan fingerprint density at radius 3 is 1.20 bits per heavy atom. The topological polar surface area (TPSA) is 0 Å². The zero-order valence-electron chi connectivity index (χ0n) is 5.10. The zero-order valence-corrected chi connectivity index (χ0v) is 5.10. The lowest BCUT2D eigenvalue weighted by molar-refractivity contribution is -0.0278. The third kappa shape index (κ3) is 0.443. The van der Waals surface area contributed by atoms with Crippen LogP contribution in [0.2, 0.25) is 0 Å². The molecule has 1 aliphatic rings. The number of hydrogen-bond acceptors (Lipinski definition) is 0. The Labute approximate surface area is 54.0 Å². The average molecular weight is 160 g/mol. The van der Waals surface area contributed by atoms with Gasteiger partial charge in [0.2, 0.25) is 5.67 Å². The maximum Gasteiger partial charge on any atom is 0.353 e. The molecule has 10 heavy (non-hydrogen) atoms. The fraction of sp³-hybridized carbons (Fsp3) is 1.00. The van der Waals surface area contributed by atoms with Gasteiger partial charge >= 0.3 is 11.8 Å². The van der Waals surface area contributed by atoms with Gasteiger partial charge in [-0.3, -0.25) is 0 Å². The van der Waals surface area contributed by atoms with Crippen LogP contribution in [0.25, 0.3) is 0 Å². The van der Waals surface area contributed by atoms with E-state index in [2.05, 4.69) is 0 Å². The van der Waals surface area contributed by atoms with Crippen molar-refractivity contribution < 1.29 is 22.0 Å². The lowest BCUT2D eigenvalue weighted by Crippen LogP contribution is -2.10. The molecular weight excluding hydrogens is 155 g/mol. The molecule has 0 radical (unpaired) electrons. The lowest BCUT2D eigenvalue weighted by atomic mass is 10.3. The number of halogens is 5.